The molecule has 0 aliphatic carbocycles. The molecule has 2 aliphatic heterocycles. The summed E-state index contributed by atoms with van der Waals surface area (Å²) in [6.07, 6.45) is 5.18. The van der Waals surface area contributed by atoms with Crippen molar-refractivity contribution in [3.8, 4) is 23.2 Å². The van der Waals surface area contributed by atoms with E-state index in [4.69, 9.17) is 25.0 Å². The van der Waals surface area contributed by atoms with Crippen molar-refractivity contribution < 1.29 is 19.0 Å². The van der Waals surface area contributed by atoms with Crippen LogP contribution in [0.5, 0.6) is 5.88 Å². The predicted molar refractivity (Wildman–Crippen MR) is 150 cm³/mol. The number of nitrogens with zero attached hydrogens (tertiary/aromatic N) is 5. The van der Waals surface area contributed by atoms with Gasteiger partial charge in [0.2, 0.25) is 0 Å². The molecule has 0 spiro atoms. The molecular formula is C28H34N8O4. The highest BCUT2D eigenvalue weighted by Crippen LogP contribution is 2.33. The number of carbonyl (C=O) groups is 1. The highest BCUT2D eigenvalue weighted by molar-refractivity contribution is 6.21. The van der Waals surface area contributed by atoms with Crippen molar-refractivity contribution in [2.75, 3.05) is 49.7 Å². The van der Waals surface area contributed by atoms with Crippen LogP contribution in [0.1, 0.15) is 32.4 Å². The highest BCUT2D eigenvalue weighted by atomic mass is 16.5. The number of amides is 1. The molecule has 12 heteroatoms. The van der Waals surface area contributed by atoms with Gasteiger partial charge in [0.1, 0.15) is 11.8 Å². The normalized spacial score (nSPS) is 16.6. The van der Waals surface area contributed by atoms with E-state index in [1.54, 1.807) is 19.9 Å². The number of ether oxygens (including phenoxy) is 3. The molecule has 2 fully saturated rings. The number of nitrogens with one attached hydrogen (secondary N) is 3. The molecule has 12 nitrogen and oxygen atoms in total. The largest absolute Gasteiger partial charge is 0.472 e. The molecular weight excluding hydrogens is 512 g/mol. The summed E-state index contributed by atoms with van der Waals surface area (Å²) in [6, 6.07) is 5.70. The Balaban J connectivity index is 1.62. The van der Waals surface area contributed by atoms with Gasteiger partial charge in [-0.05, 0) is 39.0 Å². The fourth-order valence-electron chi connectivity index (χ4n) is 4.20. The van der Waals surface area contributed by atoms with Crippen LogP contribution in [0.2, 0.25) is 0 Å². The molecule has 0 unspecified atom stereocenters. The molecule has 0 radical (unpaired) electrons. The number of morpholine rings is 1. The van der Waals surface area contributed by atoms with E-state index in [9.17, 15) is 10.1 Å². The molecule has 4 heterocycles. The fraction of sp³-hybridized carbons (Fsp3) is 0.464. The monoisotopic (exact) mass is 546 g/mol. The van der Waals surface area contributed by atoms with Crippen molar-refractivity contribution >= 4 is 29.2 Å². The lowest BCUT2D eigenvalue weighted by atomic mass is 9.88. The van der Waals surface area contributed by atoms with Crippen LogP contribution in [-0.4, -0.2) is 78.6 Å². The van der Waals surface area contributed by atoms with E-state index in [0.29, 0.717) is 68.0 Å². The lowest BCUT2D eigenvalue weighted by molar-refractivity contribution is -0.112. The summed E-state index contributed by atoms with van der Waals surface area (Å²) < 4.78 is 17.3. The molecule has 1 amide bonds. The van der Waals surface area contributed by atoms with Crippen LogP contribution in [0.3, 0.4) is 0 Å². The second-order valence-electron chi connectivity index (χ2n) is 10.2. The number of allylic oxidation sites excluding steroid dienone is 1. The van der Waals surface area contributed by atoms with Gasteiger partial charge in [-0.15, -0.1) is 10.2 Å². The Morgan fingerprint density at radius 1 is 1.20 bits per heavy atom. The second kappa shape index (κ2) is 12.8. The van der Waals surface area contributed by atoms with Crippen molar-refractivity contribution in [2.45, 2.75) is 39.7 Å². The second-order valence-corrected chi connectivity index (χ2v) is 10.2. The Morgan fingerprint density at radius 2 is 1.90 bits per heavy atom. The summed E-state index contributed by atoms with van der Waals surface area (Å²) in [5, 5.41) is 36.7. The van der Waals surface area contributed by atoms with E-state index in [-0.39, 0.29) is 17.4 Å². The van der Waals surface area contributed by atoms with Gasteiger partial charge in [-0.3, -0.25) is 9.78 Å². The zero-order valence-corrected chi connectivity index (χ0v) is 23.0. The van der Waals surface area contributed by atoms with Crippen LogP contribution in [-0.2, 0) is 14.3 Å². The maximum absolute atomic E-state index is 12.9. The summed E-state index contributed by atoms with van der Waals surface area (Å²) >= 11 is 0. The first-order chi connectivity index (χ1) is 19.2. The van der Waals surface area contributed by atoms with Crippen molar-refractivity contribution in [3.05, 3.63) is 35.7 Å². The van der Waals surface area contributed by atoms with E-state index >= 15 is 0 Å². The zero-order valence-electron chi connectivity index (χ0n) is 23.0. The number of pyridine rings is 1. The Bertz CT molecular complexity index is 1340. The summed E-state index contributed by atoms with van der Waals surface area (Å²) in [7, 11) is 0. The van der Waals surface area contributed by atoms with E-state index in [0.717, 1.165) is 24.7 Å². The van der Waals surface area contributed by atoms with Crippen molar-refractivity contribution in [3.63, 3.8) is 0 Å². The number of nitriles is 1. The number of hydrogen-bond donors (Lipinski definition) is 3. The number of carbonyl (C=O) groups excluding carboxylic acids is 1. The van der Waals surface area contributed by atoms with Crippen LogP contribution in [0.25, 0.3) is 11.3 Å². The quantitative estimate of drug-likeness (QED) is 0.315. The Labute approximate surface area is 233 Å². The van der Waals surface area contributed by atoms with Gasteiger partial charge in [-0.1, -0.05) is 0 Å². The van der Waals surface area contributed by atoms with Gasteiger partial charge >= 0.3 is 0 Å². The molecule has 0 atom stereocenters. The minimum atomic E-state index is -1.09. The van der Waals surface area contributed by atoms with Crippen LogP contribution < -0.4 is 15.0 Å². The number of aromatic nitrogens is 3. The Kier molecular flexibility index (Phi) is 9.19. The summed E-state index contributed by atoms with van der Waals surface area (Å²) in [5.41, 5.74) is 1.94. The molecule has 4 rings (SSSR count). The highest BCUT2D eigenvalue weighted by Gasteiger charge is 2.25. The van der Waals surface area contributed by atoms with Gasteiger partial charge in [0.05, 0.1) is 66.8 Å². The first-order valence-electron chi connectivity index (χ1n) is 13.2. The molecule has 2 aromatic rings. The van der Waals surface area contributed by atoms with Crippen molar-refractivity contribution in [2.24, 2.45) is 5.41 Å². The summed E-state index contributed by atoms with van der Waals surface area (Å²) in [4.78, 5) is 19.5. The first-order valence-corrected chi connectivity index (χ1v) is 13.2. The molecule has 3 N–H and O–H groups in total. The fourth-order valence-corrected chi connectivity index (χ4v) is 4.20. The average Bonchev–Trinajstić information content (AvgIpc) is 2.97. The van der Waals surface area contributed by atoms with Gasteiger partial charge in [0.25, 0.3) is 11.8 Å². The molecule has 2 aliphatic rings. The molecule has 2 saturated heterocycles. The number of aryl methyl sites for hydroxylation is 1. The average molecular weight is 547 g/mol. The first kappa shape index (κ1) is 28.8. The number of hydrogen-bond acceptors (Lipinski definition) is 11. The maximum Gasteiger partial charge on any atom is 0.257 e. The van der Waals surface area contributed by atoms with E-state index in [1.165, 1.54) is 12.3 Å². The Morgan fingerprint density at radius 3 is 2.58 bits per heavy atom. The topological polar surface area (TPSA) is 170 Å². The van der Waals surface area contributed by atoms with Crippen LogP contribution in [0.15, 0.2) is 30.0 Å². The van der Waals surface area contributed by atoms with Gasteiger partial charge in [0.15, 0.2) is 0 Å². The number of rotatable bonds is 9. The third-order valence-electron chi connectivity index (χ3n) is 6.83. The van der Waals surface area contributed by atoms with E-state index in [2.05, 4.69) is 25.4 Å². The lowest BCUT2D eigenvalue weighted by Crippen LogP contribution is -2.37. The molecule has 0 bridgehead atoms. The smallest absolute Gasteiger partial charge is 0.257 e. The van der Waals surface area contributed by atoms with Crippen LogP contribution in [0.4, 0.5) is 11.4 Å². The van der Waals surface area contributed by atoms with Crippen molar-refractivity contribution in [1.82, 2.24) is 15.2 Å². The maximum atomic E-state index is 12.9. The number of anilines is 2. The van der Waals surface area contributed by atoms with Crippen LogP contribution in [0, 0.1) is 34.5 Å². The van der Waals surface area contributed by atoms with E-state index < -0.39 is 11.3 Å². The standard InChI is InChI=1S/C28H34N8O4/c1-18-22(13-20(16-32-18)33-26(37)19(15-29)12-25(31)28(2,3)17-30)23-14-24(36-6-10-39-11-7-36)27(35-34-23)40-21-4-8-38-9-5-21/h12-16,21,29,31H,4-11H2,1-3H3,(H,33,37)/b19-12+,29-15?,31-25?. The summed E-state index contributed by atoms with van der Waals surface area (Å²) in [6.45, 7) is 8.89. The third-order valence-corrected chi connectivity index (χ3v) is 6.83. The SMILES string of the molecule is Cc1ncc(NC(=O)/C(C=N)=C/C(=N)C(C)(C)C#N)cc1-c1cc(N2CCOCC2)c(OC2CCOCC2)nn1. The minimum absolute atomic E-state index is 0.00643. The van der Waals surface area contributed by atoms with Gasteiger partial charge < -0.3 is 35.2 Å². The molecule has 40 heavy (non-hydrogen) atoms. The Hall–Kier alpha value is -4.21. The molecule has 2 aromatic heterocycles. The lowest BCUT2D eigenvalue weighted by Gasteiger charge is -2.31. The zero-order chi connectivity index (χ0) is 28.7. The van der Waals surface area contributed by atoms with Gasteiger partial charge in [0, 0.05) is 43.4 Å². The minimum Gasteiger partial charge on any atom is -0.472 e. The van der Waals surface area contributed by atoms with Crippen LogP contribution >= 0.6 is 0 Å². The summed E-state index contributed by atoms with van der Waals surface area (Å²) in [5.74, 6) is -0.124. The van der Waals surface area contributed by atoms with Gasteiger partial charge in [-0.2, -0.15) is 5.26 Å². The van der Waals surface area contributed by atoms with Gasteiger partial charge in [-0.25, -0.2) is 0 Å². The third kappa shape index (κ3) is 6.86. The molecule has 0 aromatic carbocycles. The van der Waals surface area contributed by atoms with E-state index in [1.807, 2.05) is 19.1 Å². The van der Waals surface area contributed by atoms with Crippen molar-refractivity contribution in [1.29, 1.82) is 16.1 Å². The molecule has 210 valence electrons. The molecule has 0 saturated carbocycles. The predicted octanol–water partition coefficient (Wildman–Crippen LogP) is 3.33.